The minimum atomic E-state index is 0.196. The Morgan fingerprint density at radius 2 is 1.84 bits per heavy atom. The highest BCUT2D eigenvalue weighted by atomic mass is 79.9. The predicted octanol–water partition coefficient (Wildman–Crippen LogP) is 4.80. The number of aryl methyl sites for hydroxylation is 1. The maximum absolute atomic E-state index is 8.97. The minimum Gasteiger partial charge on any atom is -0.378 e. The Balaban J connectivity index is 2.19. The van der Waals surface area contributed by atoms with Crippen LogP contribution in [0, 0.1) is 18.3 Å². The van der Waals surface area contributed by atoms with Crippen molar-refractivity contribution in [3.8, 4) is 6.07 Å². The molecule has 0 bridgehead atoms. The number of nitrogens with one attached hydrogen (secondary N) is 1. The summed E-state index contributed by atoms with van der Waals surface area (Å²) in [7, 11) is 0. The Kier molecular flexibility index (Phi) is 4.24. The van der Waals surface area contributed by atoms with Gasteiger partial charge in [-0.25, -0.2) is 0 Å². The molecule has 0 aliphatic heterocycles. The number of hydrogen-bond acceptors (Lipinski definition) is 2. The van der Waals surface area contributed by atoms with Crippen LogP contribution in [-0.2, 0) is 0 Å². The van der Waals surface area contributed by atoms with Gasteiger partial charge in [-0.05, 0) is 37.6 Å². The zero-order valence-corrected chi connectivity index (χ0v) is 12.5. The molecule has 3 heteroatoms. The Bertz CT molecular complexity index is 612. The third-order valence-electron chi connectivity index (χ3n) is 2.99. The number of hydrogen-bond donors (Lipinski definition) is 1. The summed E-state index contributed by atoms with van der Waals surface area (Å²) in [5, 5.41) is 12.4. The van der Waals surface area contributed by atoms with E-state index in [2.05, 4.69) is 65.4 Å². The molecule has 0 heterocycles. The fraction of sp³-hybridized carbons (Fsp3) is 0.188. The predicted molar refractivity (Wildman–Crippen MR) is 82.1 cm³/mol. The number of anilines is 1. The van der Waals surface area contributed by atoms with Gasteiger partial charge in [0, 0.05) is 16.2 Å². The Labute approximate surface area is 122 Å². The molecule has 0 amide bonds. The summed E-state index contributed by atoms with van der Waals surface area (Å²) in [6, 6.07) is 16.5. The molecule has 0 saturated carbocycles. The molecule has 0 aliphatic carbocycles. The van der Waals surface area contributed by atoms with Crippen molar-refractivity contribution in [2.45, 2.75) is 19.9 Å². The monoisotopic (exact) mass is 314 g/mol. The van der Waals surface area contributed by atoms with Crippen molar-refractivity contribution in [3.63, 3.8) is 0 Å². The van der Waals surface area contributed by atoms with Crippen molar-refractivity contribution < 1.29 is 0 Å². The van der Waals surface area contributed by atoms with Crippen LogP contribution in [0.15, 0.2) is 46.9 Å². The SMILES string of the molecule is Cc1ccc(C(C)Nc2cc(Br)cc(C#N)c2)cc1. The first-order valence-corrected chi connectivity index (χ1v) is 6.91. The van der Waals surface area contributed by atoms with Crippen molar-refractivity contribution in [2.75, 3.05) is 5.32 Å². The molecule has 2 aromatic carbocycles. The van der Waals surface area contributed by atoms with Gasteiger partial charge in [0.15, 0.2) is 0 Å². The number of nitriles is 1. The van der Waals surface area contributed by atoms with E-state index in [1.54, 1.807) is 0 Å². The summed E-state index contributed by atoms with van der Waals surface area (Å²) in [5.41, 5.74) is 4.07. The fourth-order valence-corrected chi connectivity index (χ4v) is 2.42. The van der Waals surface area contributed by atoms with E-state index in [1.165, 1.54) is 11.1 Å². The minimum absolute atomic E-state index is 0.196. The molecule has 0 fully saturated rings. The average Bonchev–Trinajstić information content (AvgIpc) is 2.38. The van der Waals surface area contributed by atoms with E-state index in [1.807, 2.05) is 18.2 Å². The highest BCUT2D eigenvalue weighted by Crippen LogP contribution is 2.24. The highest BCUT2D eigenvalue weighted by molar-refractivity contribution is 9.10. The lowest BCUT2D eigenvalue weighted by atomic mass is 10.1. The first-order valence-electron chi connectivity index (χ1n) is 6.12. The Morgan fingerprint density at radius 3 is 2.47 bits per heavy atom. The zero-order chi connectivity index (χ0) is 13.8. The summed E-state index contributed by atoms with van der Waals surface area (Å²) < 4.78 is 0.908. The molecular weight excluding hydrogens is 300 g/mol. The number of nitrogens with zero attached hydrogens (tertiary/aromatic N) is 1. The van der Waals surface area contributed by atoms with Gasteiger partial charge in [-0.3, -0.25) is 0 Å². The van der Waals surface area contributed by atoms with Crippen molar-refractivity contribution in [2.24, 2.45) is 0 Å². The summed E-state index contributed by atoms with van der Waals surface area (Å²) >= 11 is 3.42. The van der Waals surface area contributed by atoms with E-state index in [-0.39, 0.29) is 6.04 Å². The quantitative estimate of drug-likeness (QED) is 0.883. The average molecular weight is 315 g/mol. The van der Waals surface area contributed by atoms with Gasteiger partial charge in [-0.2, -0.15) is 5.26 Å². The molecule has 96 valence electrons. The topological polar surface area (TPSA) is 35.8 Å². The van der Waals surface area contributed by atoms with Crippen LogP contribution in [0.2, 0.25) is 0 Å². The first-order chi connectivity index (χ1) is 9.08. The summed E-state index contributed by atoms with van der Waals surface area (Å²) in [6.07, 6.45) is 0. The maximum Gasteiger partial charge on any atom is 0.0992 e. The molecule has 0 aromatic heterocycles. The lowest BCUT2D eigenvalue weighted by Crippen LogP contribution is -2.06. The molecule has 2 rings (SSSR count). The van der Waals surface area contributed by atoms with E-state index < -0.39 is 0 Å². The van der Waals surface area contributed by atoms with Gasteiger partial charge in [0.2, 0.25) is 0 Å². The van der Waals surface area contributed by atoms with E-state index in [0.717, 1.165) is 10.2 Å². The highest BCUT2D eigenvalue weighted by Gasteiger charge is 2.06. The van der Waals surface area contributed by atoms with Crippen LogP contribution in [0.5, 0.6) is 0 Å². The molecule has 1 atom stereocenters. The summed E-state index contributed by atoms with van der Waals surface area (Å²) in [5.74, 6) is 0. The van der Waals surface area contributed by atoms with Crippen LogP contribution in [0.1, 0.15) is 29.7 Å². The molecule has 0 radical (unpaired) electrons. The molecule has 0 aliphatic rings. The normalized spacial score (nSPS) is 11.7. The second-order valence-electron chi connectivity index (χ2n) is 4.62. The molecule has 1 N–H and O–H groups in total. The Hall–Kier alpha value is -1.79. The van der Waals surface area contributed by atoms with Crippen LogP contribution in [-0.4, -0.2) is 0 Å². The Morgan fingerprint density at radius 1 is 1.16 bits per heavy atom. The van der Waals surface area contributed by atoms with Gasteiger partial charge in [0.25, 0.3) is 0 Å². The smallest absolute Gasteiger partial charge is 0.0992 e. The van der Waals surface area contributed by atoms with Gasteiger partial charge in [-0.1, -0.05) is 45.8 Å². The van der Waals surface area contributed by atoms with Crippen LogP contribution in [0.4, 0.5) is 5.69 Å². The second-order valence-corrected chi connectivity index (χ2v) is 5.53. The third-order valence-corrected chi connectivity index (χ3v) is 3.45. The van der Waals surface area contributed by atoms with Gasteiger partial charge in [-0.15, -0.1) is 0 Å². The van der Waals surface area contributed by atoms with Gasteiger partial charge in [0.05, 0.1) is 11.6 Å². The summed E-state index contributed by atoms with van der Waals surface area (Å²) in [4.78, 5) is 0. The van der Waals surface area contributed by atoms with Crippen molar-refractivity contribution >= 4 is 21.6 Å². The van der Waals surface area contributed by atoms with Crippen LogP contribution in [0.25, 0.3) is 0 Å². The van der Waals surface area contributed by atoms with Crippen LogP contribution in [0.3, 0.4) is 0 Å². The number of halogens is 1. The van der Waals surface area contributed by atoms with Crippen LogP contribution < -0.4 is 5.32 Å². The van der Waals surface area contributed by atoms with Crippen molar-refractivity contribution in [1.29, 1.82) is 5.26 Å². The molecule has 1 unspecified atom stereocenters. The molecule has 19 heavy (non-hydrogen) atoms. The number of benzene rings is 2. The number of rotatable bonds is 3. The van der Waals surface area contributed by atoms with Crippen molar-refractivity contribution in [3.05, 3.63) is 63.6 Å². The lowest BCUT2D eigenvalue weighted by Gasteiger charge is -2.16. The standard InChI is InChI=1S/C16H15BrN2/c1-11-3-5-14(6-4-11)12(2)19-16-8-13(10-18)7-15(17)9-16/h3-9,12,19H,1-2H3. The summed E-state index contributed by atoms with van der Waals surface area (Å²) in [6.45, 7) is 4.19. The van der Waals surface area contributed by atoms with Gasteiger partial charge < -0.3 is 5.32 Å². The molecular formula is C16H15BrN2. The van der Waals surface area contributed by atoms with Crippen molar-refractivity contribution in [1.82, 2.24) is 0 Å². The fourth-order valence-electron chi connectivity index (χ4n) is 1.93. The third kappa shape index (κ3) is 3.59. The largest absolute Gasteiger partial charge is 0.378 e. The van der Waals surface area contributed by atoms with E-state index in [0.29, 0.717) is 5.56 Å². The maximum atomic E-state index is 8.97. The molecule has 2 nitrogen and oxygen atoms in total. The van der Waals surface area contributed by atoms with E-state index in [9.17, 15) is 0 Å². The lowest BCUT2D eigenvalue weighted by molar-refractivity contribution is 0.884. The van der Waals surface area contributed by atoms with Gasteiger partial charge >= 0.3 is 0 Å². The second kappa shape index (κ2) is 5.90. The molecule has 0 saturated heterocycles. The van der Waals surface area contributed by atoms with Gasteiger partial charge in [0.1, 0.15) is 0 Å². The van der Waals surface area contributed by atoms with Crippen LogP contribution >= 0.6 is 15.9 Å². The zero-order valence-electron chi connectivity index (χ0n) is 10.9. The van der Waals surface area contributed by atoms with E-state index in [4.69, 9.17) is 5.26 Å². The molecule has 2 aromatic rings. The molecule has 0 spiro atoms. The van der Waals surface area contributed by atoms with E-state index >= 15 is 0 Å². The first kappa shape index (κ1) is 13.6.